The van der Waals surface area contributed by atoms with Crippen molar-refractivity contribution in [3.05, 3.63) is 34.3 Å². The van der Waals surface area contributed by atoms with Crippen molar-refractivity contribution in [3.63, 3.8) is 0 Å². The van der Waals surface area contributed by atoms with E-state index in [0.717, 1.165) is 42.1 Å². The summed E-state index contributed by atoms with van der Waals surface area (Å²) in [5, 5.41) is 9.53. The molecule has 0 aromatic heterocycles. The molecule has 132 valence electrons. The van der Waals surface area contributed by atoms with Crippen LogP contribution in [0.15, 0.2) is 28.7 Å². The minimum Gasteiger partial charge on any atom is -0.443 e. The van der Waals surface area contributed by atoms with Gasteiger partial charge in [0.05, 0.1) is 6.04 Å². The molecule has 1 saturated heterocycles. The standard InChI is InChI=1S/C18H25BrN2O3/c1-12(13-2-4-15(19)5-3-13)21-11-10-18(24-17(21)23)8-6-14(7-9-18)16(20)22/h2-5,12,14,16,22H,6-11,20H2,1H3/t12-,14-,16?,18-/m0/s1. The van der Waals surface area contributed by atoms with E-state index in [2.05, 4.69) is 15.9 Å². The van der Waals surface area contributed by atoms with Crippen LogP contribution in [0.5, 0.6) is 0 Å². The molecule has 0 radical (unpaired) electrons. The van der Waals surface area contributed by atoms with Crippen LogP contribution in [-0.4, -0.2) is 34.5 Å². The van der Waals surface area contributed by atoms with E-state index >= 15 is 0 Å². The quantitative estimate of drug-likeness (QED) is 0.765. The first-order valence-electron chi connectivity index (χ1n) is 8.59. The molecule has 1 spiro atoms. The minimum absolute atomic E-state index is 0.00912. The average molecular weight is 397 g/mol. The number of carbonyl (C=O) groups is 1. The predicted octanol–water partition coefficient (Wildman–Crippen LogP) is 3.56. The number of hydrogen-bond donors (Lipinski definition) is 2. The van der Waals surface area contributed by atoms with E-state index in [1.807, 2.05) is 31.2 Å². The molecule has 1 heterocycles. The van der Waals surface area contributed by atoms with Gasteiger partial charge >= 0.3 is 6.09 Å². The highest BCUT2D eigenvalue weighted by Gasteiger charge is 2.44. The van der Waals surface area contributed by atoms with Crippen LogP contribution in [0.1, 0.15) is 50.6 Å². The molecule has 0 bridgehead atoms. The number of benzene rings is 1. The maximum Gasteiger partial charge on any atom is 0.410 e. The lowest BCUT2D eigenvalue weighted by Gasteiger charge is -2.46. The first-order chi connectivity index (χ1) is 11.4. The van der Waals surface area contributed by atoms with Crippen molar-refractivity contribution in [1.29, 1.82) is 0 Å². The summed E-state index contributed by atoms with van der Waals surface area (Å²) >= 11 is 3.43. The Kier molecular flexibility index (Phi) is 5.18. The fourth-order valence-electron chi connectivity index (χ4n) is 3.84. The highest BCUT2D eigenvalue weighted by molar-refractivity contribution is 9.10. The van der Waals surface area contributed by atoms with E-state index in [0.29, 0.717) is 6.54 Å². The molecule has 1 aliphatic heterocycles. The minimum atomic E-state index is -0.768. The molecule has 5 nitrogen and oxygen atoms in total. The van der Waals surface area contributed by atoms with Crippen LogP contribution in [-0.2, 0) is 4.74 Å². The number of carbonyl (C=O) groups excluding carboxylic acids is 1. The number of ether oxygens (including phenoxy) is 1. The maximum absolute atomic E-state index is 12.6. The maximum atomic E-state index is 12.6. The van der Waals surface area contributed by atoms with Gasteiger partial charge in [-0.2, -0.15) is 0 Å². The van der Waals surface area contributed by atoms with Gasteiger partial charge in [-0.3, -0.25) is 0 Å². The molecule has 1 saturated carbocycles. The summed E-state index contributed by atoms with van der Waals surface area (Å²) < 4.78 is 6.90. The summed E-state index contributed by atoms with van der Waals surface area (Å²) in [5.74, 6) is 0.119. The van der Waals surface area contributed by atoms with Gasteiger partial charge in [-0.1, -0.05) is 28.1 Å². The van der Waals surface area contributed by atoms with Crippen LogP contribution in [0.25, 0.3) is 0 Å². The number of nitrogens with two attached hydrogens (primary N) is 1. The van der Waals surface area contributed by atoms with Crippen LogP contribution >= 0.6 is 15.9 Å². The van der Waals surface area contributed by atoms with E-state index in [1.54, 1.807) is 4.90 Å². The van der Waals surface area contributed by atoms with Gasteiger partial charge in [-0.15, -0.1) is 0 Å². The van der Waals surface area contributed by atoms with Crippen molar-refractivity contribution >= 4 is 22.0 Å². The highest BCUT2D eigenvalue weighted by Crippen LogP contribution is 2.41. The van der Waals surface area contributed by atoms with Gasteiger partial charge < -0.3 is 20.5 Å². The lowest BCUT2D eigenvalue weighted by molar-refractivity contribution is -0.0894. The summed E-state index contributed by atoms with van der Waals surface area (Å²) in [7, 11) is 0. The second-order valence-electron chi connectivity index (χ2n) is 7.05. The SMILES string of the molecule is C[C@@H](c1ccc(Br)cc1)N1CC[C@]2(CC[C@@H](C(N)O)CC2)OC1=O. The molecule has 2 atom stereocenters. The molecule has 1 aliphatic carbocycles. The number of aliphatic hydroxyl groups excluding tert-OH is 1. The number of rotatable bonds is 3. The number of nitrogens with zero attached hydrogens (tertiary/aromatic N) is 1. The van der Waals surface area contributed by atoms with Gasteiger partial charge in [0.2, 0.25) is 0 Å². The lowest BCUT2D eigenvalue weighted by atomic mass is 9.76. The third-order valence-electron chi connectivity index (χ3n) is 5.59. The number of halogens is 1. The summed E-state index contributed by atoms with van der Waals surface area (Å²) in [5.41, 5.74) is 6.32. The van der Waals surface area contributed by atoms with Crippen LogP contribution in [0.2, 0.25) is 0 Å². The molecule has 1 aromatic carbocycles. The van der Waals surface area contributed by atoms with Crippen LogP contribution in [0.3, 0.4) is 0 Å². The van der Waals surface area contributed by atoms with Crippen molar-refractivity contribution in [2.75, 3.05) is 6.54 Å². The second-order valence-corrected chi connectivity index (χ2v) is 7.97. The first-order valence-corrected chi connectivity index (χ1v) is 9.38. The largest absolute Gasteiger partial charge is 0.443 e. The zero-order valence-corrected chi connectivity index (χ0v) is 15.5. The Morgan fingerprint density at radius 3 is 2.46 bits per heavy atom. The summed E-state index contributed by atoms with van der Waals surface area (Å²) in [6, 6.07) is 8.02. The van der Waals surface area contributed by atoms with Gasteiger partial charge in [-0.25, -0.2) is 4.79 Å². The van der Waals surface area contributed by atoms with Crippen molar-refractivity contribution in [3.8, 4) is 0 Å². The zero-order valence-electron chi connectivity index (χ0n) is 14.0. The number of amides is 1. The summed E-state index contributed by atoms with van der Waals surface area (Å²) in [4.78, 5) is 14.4. The van der Waals surface area contributed by atoms with Crippen molar-refractivity contribution < 1.29 is 14.6 Å². The zero-order chi connectivity index (χ0) is 17.3. The Labute approximate surface area is 151 Å². The van der Waals surface area contributed by atoms with Gasteiger partial charge in [0.1, 0.15) is 11.8 Å². The van der Waals surface area contributed by atoms with E-state index in [4.69, 9.17) is 10.5 Å². The van der Waals surface area contributed by atoms with Gasteiger partial charge in [0.25, 0.3) is 0 Å². The molecule has 1 unspecified atom stereocenters. The Bertz CT molecular complexity index is 582. The Balaban J connectivity index is 1.63. The normalized spacial score (nSPS) is 30.1. The fourth-order valence-corrected chi connectivity index (χ4v) is 4.11. The van der Waals surface area contributed by atoms with Crippen molar-refractivity contribution in [1.82, 2.24) is 4.90 Å². The molecule has 24 heavy (non-hydrogen) atoms. The number of aliphatic hydroxyl groups is 1. The Morgan fingerprint density at radius 1 is 1.29 bits per heavy atom. The summed E-state index contributed by atoms with van der Waals surface area (Å²) in [6.45, 7) is 2.73. The van der Waals surface area contributed by atoms with Gasteiger partial charge in [0.15, 0.2) is 0 Å². The number of hydrogen-bond acceptors (Lipinski definition) is 4. The van der Waals surface area contributed by atoms with E-state index in [1.165, 1.54) is 0 Å². The van der Waals surface area contributed by atoms with Crippen molar-refractivity contribution in [2.45, 2.75) is 56.9 Å². The average Bonchev–Trinajstić information content (AvgIpc) is 2.55. The summed E-state index contributed by atoms with van der Waals surface area (Å²) in [6.07, 6.45) is 3.04. The highest BCUT2D eigenvalue weighted by atomic mass is 79.9. The van der Waals surface area contributed by atoms with E-state index < -0.39 is 6.23 Å². The molecule has 2 aliphatic rings. The molecule has 1 aromatic rings. The van der Waals surface area contributed by atoms with Crippen molar-refractivity contribution in [2.24, 2.45) is 11.7 Å². The third-order valence-corrected chi connectivity index (χ3v) is 6.12. The molecular formula is C18H25BrN2O3. The third kappa shape index (κ3) is 3.60. The Morgan fingerprint density at radius 2 is 1.92 bits per heavy atom. The van der Waals surface area contributed by atoms with Crippen LogP contribution < -0.4 is 5.73 Å². The first kappa shape index (κ1) is 17.7. The lowest BCUT2D eigenvalue weighted by Crippen LogP contribution is -2.52. The molecule has 2 fully saturated rings. The van der Waals surface area contributed by atoms with Gasteiger partial charge in [0, 0.05) is 17.4 Å². The van der Waals surface area contributed by atoms with E-state index in [9.17, 15) is 9.90 Å². The molecule has 1 amide bonds. The molecular weight excluding hydrogens is 372 g/mol. The van der Waals surface area contributed by atoms with E-state index in [-0.39, 0.29) is 23.7 Å². The second kappa shape index (κ2) is 7.02. The van der Waals surface area contributed by atoms with Crippen LogP contribution in [0, 0.1) is 5.92 Å². The monoisotopic (exact) mass is 396 g/mol. The Hall–Kier alpha value is -1.11. The molecule has 3 N–H and O–H groups in total. The fraction of sp³-hybridized carbons (Fsp3) is 0.611. The van der Waals surface area contributed by atoms with Gasteiger partial charge in [-0.05, 0) is 56.2 Å². The van der Waals surface area contributed by atoms with Crippen LogP contribution in [0.4, 0.5) is 4.79 Å². The smallest absolute Gasteiger partial charge is 0.410 e. The molecule has 6 heteroatoms. The topological polar surface area (TPSA) is 75.8 Å². The molecule has 3 rings (SSSR count). The predicted molar refractivity (Wildman–Crippen MR) is 95.2 cm³/mol.